The molecule has 106 valence electrons. The van der Waals surface area contributed by atoms with Crippen LogP contribution in [0.4, 0.5) is 0 Å². The Bertz CT molecular complexity index is 849. The molecule has 0 radical (unpaired) electrons. The molecule has 3 aromatic carbocycles. The number of rotatable bonds is 0. The second-order valence-corrected chi connectivity index (χ2v) is 6.22. The zero-order valence-electron chi connectivity index (χ0n) is 12.0. The molecule has 2 nitrogen and oxygen atoms in total. The number of aliphatic hydroxyl groups is 2. The Hall–Kier alpha value is -1.90. The molecule has 2 N–H and O–H groups in total. The summed E-state index contributed by atoms with van der Waals surface area (Å²) in [7, 11) is 0. The second kappa shape index (κ2) is 4.30. The number of hydrogen-bond donors (Lipinski definition) is 2. The van der Waals surface area contributed by atoms with Gasteiger partial charge in [0.1, 0.15) is 5.60 Å². The molecule has 2 heteroatoms. The maximum Gasteiger partial charge on any atom is 0.113 e. The van der Waals surface area contributed by atoms with Crippen molar-refractivity contribution in [3.8, 4) is 0 Å². The van der Waals surface area contributed by atoms with E-state index < -0.39 is 11.7 Å². The van der Waals surface area contributed by atoms with Crippen molar-refractivity contribution in [1.82, 2.24) is 0 Å². The highest BCUT2D eigenvalue weighted by atomic mass is 16.3. The van der Waals surface area contributed by atoms with Gasteiger partial charge in [0.05, 0.1) is 6.10 Å². The van der Waals surface area contributed by atoms with E-state index in [1.165, 1.54) is 16.2 Å². The van der Waals surface area contributed by atoms with Crippen molar-refractivity contribution in [3.63, 3.8) is 0 Å². The fourth-order valence-electron chi connectivity index (χ4n) is 3.53. The van der Waals surface area contributed by atoms with Crippen LogP contribution in [-0.2, 0) is 12.0 Å². The van der Waals surface area contributed by atoms with Crippen LogP contribution in [0.5, 0.6) is 0 Å². The van der Waals surface area contributed by atoms with Gasteiger partial charge in [0.25, 0.3) is 0 Å². The normalized spacial score (nSPS) is 25.2. The van der Waals surface area contributed by atoms with Crippen molar-refractivity contribution in [3.05, 3.63) is 59.7 Å². The lowest BCUT2D eigenvalue weighted by Crippen LogP contribution is -2.40. The SMILES string of the molecule is C[C@@]1(O)c2cc3ccc4ccccc4c3cc2CC[C@H]1O. The number of aryl methyl sites for hydroxylation is 1. The molecular weight excluding hydrogens is 260 g/mol. The molecule has 0 amide bonds. The van der Waals surface area contributed by atoms with Crippen molar-refractivity contribution in [1.29, 1.82) is 0 Å². The van der Waals surface area contributed by atoms with Crippen LogP contribution in [0.15, 0.2) is 48.5 Å². The van der Waals surface area contributed by atoms with E-state index in [-0.39, 0.29) is 0 Å². The molecule has 1 aliphatic rings. The van der Waals surface area contributed by atoms with Crippen LogP contribution in [0.25, 0.3) is 21.5 Å². The van der Waals surface area contributed by atoms with E-state index >= 15 is 0 Å². The summed E-state index contributed by atoms with van der Waals surface area (Å²) >= 11 is 0. The Balaban J connectivity index is 2.07. The summed E-state index contributed by atoms with van der Waals surface area (Å²) in [6.07, 6.45) is 0.727. The van der Waals surface area contributed by atoms with Gasteiger partial charge in [0, 0.05) is 0 Å². The first-order valence-electron chi connectivity index (χ1n) is 7.43. The van der Waals surface area contributed by atoms with Crippen molar-refractivity contribution < 1.29 is 10.2 Å². The van der Waals surface area contributed by atoms with Gasteiger partial charge >= 0.3 is 0 Å². The van der Waals surface area contributed by atoms with Crippen LogP contribution < -0.4 is 0 Å². The third-order valence-corrected chi connectivity index (χ3v) is 4.85. The van der Waals surface area contributed by atoms with E-state index in [9.17, 15) is 10.2 Å². The van der Waals surface area contributed by atoms with Crippen molar-refractivity contribution >= 4 is 21.5 Å². The number of benzene rings is 3. The van der Waals surface area contributed by atoms with Crippen molar-refractivity contribution in [2.24, 2.45) is 0 Å². The molecule has 21 heavy (non-hydrogen) atoms. The van der Waals surface area contributed by atoms with E-state index in [2.05, 4.69) is 36.4 Å². The molecule has 4 rings (SSSR count). The molecule has 3 aromatic rings. The molecule has 0 heterocycles. The van der Waals surface area contributed by atoms with Crippen LogP contribution in [0.3, 0.4) is 0 Å². The highest BCUT2D eigenvalue weighted by molar-refractivity contribution is 6.07. The minimum absolute atomic E-state index is 0.607. The molecule has 2 atom stereocenters. The molecular formula is C19H18O2. The highest BCUT2D eigenvalue weighted by Gasteiger charge is 2.37. The fraction of sp³-hybridized carbons (Fsp3) is 0.263. The lowest BCUT2D eigenvalue weighted by atomic mass is 9.77. The maximum absolute atomic E-state index is 10.6. The summed E-state index contributed by atoms with van der Waals surface area (Å²) in [6.45, 7) is 1.71. The summed E-state index contributed by atoms with van der Waals surface area (Å²) in [4.78, 5) is 0. The van der Waals surface area contributed by atoms with Crippen molar-refractivity contribution in [2.45, 2.75) is 31.5 Å². The zero-order valence-corrected chi connectivity index (χ0v) is 12.0. The van der Waals surface area contributed by atoms with E-state index in [1.54, 1.807) is 6.92 Å². The molecule has 0 saturated carbocycles. The van der Waals surface area contributed by atoms with Gasteiger partial charge in [-0.05, 0) is 58.5 Å². The Morgan fingerprint density at radius 1 is 1.00 bits per heavy atom. The Kier molecular flexibility index (Phi) is 2.62. The quantitative estimate of drug-likeness (QED) is 0.618. The molecule has 0 aliphatic heterocycles. The Labute approximate surface area is 123 Å². The van der Waals surface area contributed by atoms with Gasteiger partial charge in [-0.25, -0.2) is 0 Å². The largest absolute Gasteiger partial charge is 0.390 e. The molecule has 0 bridgehead atoms. The van der Waals surface area contributed by atoms with Gasteiger partial charge in [-0.3, -0.25) is 0 Å². The molecule has 0 aromatic heterocycles. The number of aliphatic hydroxyl groups excluding tert-OH is 1. The molecule has 0 spiro atoms. The summed E-state index contributed by atoms with van der Waals surface area (Å²) < 4.78 is 0. The van der Waals surface area contributed by atoms with Gasteiger partial charge in [-0.1, -0.05) is 42.5 Å². The summed E-state index contributed by atoms with van der Waals surface area (Å²) in [5, 5.41) is 25.5. The van der Waals surface area contributed by atoms with E-state index in [1.807, 2.05) is 12.1 Å². The predicted octanol–water partition coefficient (Wildman–Crippen LogP) is 3.51. The highest BCUT2D eigenvalue weighted by Crippen LogP contribution is 2.38. The lowest BCUT2D eigenvalue weighted by Gasteiger charge is -2.36. The first-order chi connectivity index (χ1) is 10.1. The van der Waals surface area contributed by atoms with E-state index in [0.717, 1.165) is 22.9 Å². The first-order valence-corrected chi connectivity index (χ1v) is 7.43. The predicted molar refractivity (Wildman–Crippen MR) is 85.4 cm³/mol. The third-order valence-electron chi connectivity index (χ3n) is 4.85. The number of hydrogen-bond acceptors (Lipinski definition) is 2. The lowest BCUT2D eigenvalue weighted by molar-refractivity contribution is -0.0764. The second-order valence-electron chi connectivity index (χ2n) is 6.22. The zero-order chi connectivity index (χ0) is 14.6. The third kappa shape index (κ3) is 1.80. The van der Waals surface area contributed by atoms with Gasteiger partial charge in [0.2, 0.25) is 0 Å². The fourth-order valence-corrected chi connectivity index (χ4v) is 3.53. The van der Waals surface area contributed by atoms with Crippen LogP contribution in [0, 0.1) is 0 Å². The average Bonchev–Trinajstić information content (AvgIpc) is 2.50. The van der Waals surface area contributed by atoms with Crippen LogP contribution >= 0.6 is 0 Å². The standard InChI is InChI=1S/C19H18O2/c1-19(21)17-11-13-7-6-12-4-2-3-5-15(12)16(13)10-14(17)8-9-18(19)20/h2-7,10-11,18,20-21H,8-9H2,1H3/t18-,19-/m1/s1. The minimum atomic E-state index is -1.16. The number of fused-ring (bicyclic) bond motifs is 4. The molecule has 0 fully saturated rings. The van der Waals surface area contributed by atoms with E-state index in [4.69, 9.17) is 0 Å². The van der Waals surface area contributed by atoms with Gasteiger partial charge < -0.3 is 10.2 Å². The van der Waals surface area contributed by atoms with Crippen molar-refractivity contribution in [2.75, 3.05) is 0 Å². The molecule has 0 unspecified atom stereocenters. The first kappa shape index (κ1) is 12.8. The smallest absolute Gasteiger partial charge is 0.113 e. The maximum atomic E-state index is 10.6. The van der Waals surface area contributed by atoms with Gasteiger partial charge in [-0.2, -0.15) is 0 Å². The summed E-state index contributed by atoms with van der Waals surface area (Å²) in [5.74, 6) is 0. The molecule has 1 aliphatic carbocycles. The van der Waals surface area contributed by atoms with Crippen LogP contribution in [0.2, 0.25) is 0 Å². The topological polar surface area (TPSA) is 40.5 Å². The summed E-state index contributed by atoms with van der Waals surface area (Å²) in [6, 6.07) is 16.8. The van der Waals surface area contributed by atoms with Crippen LogP contribution in [-0.4, -0.2) is 16.3 Å². The summed E-state index contributed by atoms with van der Waals surface area (Å²) in [5.41, 5.74) is 0.853. The molecule has 0 saturated heterocycles. The Morgan fingerprint density at radius 2 is 1.76 bits per heavy atom. The van der Waals surface area contributed by atoms with E-state index in [0.29, 0.717) is 6.42 Å². The van der Waals surface area contributed by atoms with Gasteiger partial charge in [0.15, 0.2) is 0 Å². The van der Waals surface area contributed by atoms with Gasteiger partial charge in [-0.15, -0.1) is 0 Å². The average molecular weight is 278 g/mol. The minimum Gasteiger partial charge on any atom is -0.390 e. The Morgan fingerprint density at radius 3 is 2.62 bits per heavy atom. The monoisotopic (exact) mass is 278 g/mol. The van der Waals surface area contributed by atoms with Crippen LogP contribution in [0.1, 0.15) is 24.5 Å².